The molecule has 6 nitrogen and oxygen atoms in total. The SMILES string of the molecule is O=C(NCCCNc1ncccn1)NCCc1ccc(Cl)c(Cl)c1. The van der Waals surface area contributed by atoms with Gasteiger partial charge in [-0.05, 0) is 36.6 Å². The second-order valence-corrected chi connectivity index (χ2v) is 5.85. The van der Waals surface area contributed by atoms with E-state index >= 15 is 0 Å². The molecule has 0 fully saturated rings. The number of anilines is 1. The van der Waals surface area contributed by atoms with E-state index in [1.807, 2.05) is 6.07 Å². The third kappa shape index (κ3) is 6.60. The zero-order valence-electron chi connectivity index (χ0n) is 13.1. The molecule has 0 unspecified atom stereocenters. The van der Waals surface area contributed by atoms with E-state index in [1.54, 1.807) is 30.6 Å². The molecule has 0 saturated heterocycles. The van der Waals surface area contributed by atoms with Gasteiger partial charge >= 0.3 is 6.03 Å². The molecular formula is C16H19Cl2N5O. The first-order valence-electron chi connectivity index (χ1n) is 7.61. The van der Waals surface area contributed by atoms with Crippen molar-refractivity contribution >= 4 is 35.2 Å². The van der Waals surface area contributed by atoms with E-state index < -0.39 is 0 Å². The summed E-state index contributed by atoms with van der Waals surface area (Å²) in [6.45, 7) is 1.78. The van der Waals surface area contributed by atoms with Crippen LogP contribution in [0.3, 0.4) is 0 Å². The highest BCUT2D eigenvalue weighted by Gasteiger charge is 2.02. The molecule has 0 atom stereocenters. The van der Waals surface area contributed by atoms with Gasteiger partial charge in [-0.2, -0.15) is 0 Å². The van der Waals surface area contributed by atoms with Gasteiger partial charge in [0.05, 0.1) is 10.0 Å². The molecule has 2 aromatic rings. The highest BCUT2D eigenvalue weighted by atomic mass is 35.5. The number of nitrogens with one attached hydrogen (secondary N) is 3. The molecule has 0 aliphatic carbocycles. The molecular weight excluding hydrogens is 349 g/mol. The highest BCUT2D eigenvalue weighted by Crippen LogP contribution is 2.22. The summed E-state index contributed by atoms with van der Waals surface area (Å²) in [5.41, 5.74) is 1.02. The van der Waals surface area contributed by atoms with Crippen molar-refractivity contribution in [3.63, 3.8) is 0 Å². The quantitative estimate of drug-likeness (QED) is 0.626. The Kier molecular flexibility index (Phi) is 7.58. The van der Waals surface area contributed by atoms with Crippen LogP contribution in [0.15, 0.2) is 36.7 Å². The average molecular weight is 368 g/mol. The van der Waals surface area contributed by atoms with Crippen molar-refractivity contribution in [3.8, 4) is 0 Å². The molecule has 0 saturated carbocycles. The van der Waals surface area contributed by atoms with Gasteiger partial charge in [0.25, 0.3) is 0 Å². The van der Waals surface area contributed by atoms with Crippen molar-refractivity contribution in [3.05, 3.63) is 52.3 Å². The van der Waals surface area contributed by atoms with Crippen LogP contribution >= 0.6 is 23.2 Å². The van der Waals surface area contributed by atoms with Crippen LogP contribution in [0.2, 0.25) is 10.0 Å². The fourth-order valence-corrected chi connectivity index (χ4v) is 2.28. The van der Waals surface area contributed by atoms with Crippen LogP contribution in [0.5, 0.6) is 0 Å². The molecule has 0 bridgehead atoms. The number of benzene rings is 1. The topological polar surface area (TPSA) is 78.9 Å². The van der Waals surface area contributed by atoms with Crippen molar-refractivity contribution in [2.45, 2.75) is 12.8 Å². The molecule has 24 heavy (non-hydrogen) atoms. The first-order chi connectivity index (χ1) is 11.6. The van der Waals surface area contributed by atoms with E-state index in [1.165, 1.54) is 0 Å². The number of rotatable bonds is 8. The number of hydrogen-bond acceptors (Lipinski definition) is 4. The Morgan fingerprint density at radius 2 is 1.75 bits per heavy atom. The highest BCUT2D eigenvalue weighted by molar-refractivity contribution is 6.42. The zero-order valence-corrected chi connectivity index (χ0v) is 14.6. The number of carbonyl (C=O) groups is 1. The first-order valence-corrected chi connectivity index (χ1v) is 8.37. The molecule has 0 aliphatic rings. The lowest BCUT2D eigenvalue weighted by atomic mass is 10.1. The summed E-state index contributed by atoms with van der Waals surface area (Å²) in [6.07, 6.45) is 4.82. The Balaban J connectivity index is 1.54. The molecule has 2 rings (SSSR count). The minimum absolute atomic E-state index is 0.189. The normalized spacial score (nSPS) is 10.2. The number of amides is 2. The fourth-order valence-electron chi connectivity index (χ4n) is 1.96. The Bertz CT molecular complexity index is 654. The lowest BCUT2D eigenvalue weighted by Crippen LogP contribution is -2.37. The van der Waals surface area contributed by atoms with Crippen LogP contribution in [0.25, 0.3) is 0 Å². The van der Waals surface area contributed by atoms with Gasteiger partial charge in [0.15, 0.2) is 0 Å². The van der Waals surface area contributed by atoms with Gasteiger partial charge in [0.2, 0.25) is 5.95 Å². The number of nitrogens with zero attached hydrogens (tertiary/aromatic N) is 2. The Morgan fingerprint density at radius 3 is 2.50 bits per heavy atom. The summed E-state index contributed by atoms with van der Waals surface area (Å²) < 4.78 is 0. The summed E-state index contributed by atoms with van der Waals surface area (Å²) in [4.78, 5) is 19.8. The van der Waals surface area contributed by atoms with E-state index in [4.69, 9.17) is 23.2 Å². The predicted molar refractivity (Wildman–Crippen MR) is 96.7 cm³/mol. The molecule has 1 aromatic carbocycles. The number of urea groups is 1. The second kappa shape index (κ2) is 9.95. The van der Waals surface area contributed by atoms with E-state index in [9.17, 15) is 4.79 Å². The predicted octanol–water partition coefficient (Wildman–Crippen LogP) is 3.13. The van der Waals surface area contributed by atoms with E-state index in [-0.39, 0.29) is 6.03 Å². The monoisotopic (exact) mass is 367 g/mol. The summed E-state index contributed by atoms with van der Waals surface area (Å²) in [7, 11) is 0. The van der Waals surface area contributed by atoms with E-state index in [2.05, 4.69) is 25.9 Å². The van der Waals surface area contributed by atoms with Crippen molar-refractivity contribution in [2.75, 3.05) is 25.0 Å². The van der Waals surface area contributed by atoms with Gasteiger partial charge in [0.1, 0.15) is 0 Å². The first kappa shape index (κ1) is 18.3. The molecule has 0 spiro atoms. The molecule has 3 N–H and O–H groups in total. The fraction of sp³-hybridized carbons (Fsp3) is 0.312. The Hall–Kier alpha value is -2.05. The van der Waals surface area contributed by atoms with Crippen molar-refractivity contribution in [2.24, 2.45) is 0 Å². The van der Waals surface area contributed by atoms with Crippen molar-refractivity contribution in [1.82, 2.24) is 20.6 Å². The van der Waals surface area contributed by atoms with E-state index in [0.29, 0.717) is 42.0 Å². The van der Waals surface area contributed by atoms with Gasteiger partial charge in [-0.1, -0.05) is 29.3 Å². The van der Waals surface area contributed by atoms with Crippen LogP contribution in [0, 0.1) is 0 Å². The van der Waals surface area contributed by atoms with Gasteiger partial charge in [0, 0.05) is 32.0 Å². The van der Waals surface area contributed by atoms with Crippen molar-refractivity contribution < 1.29 is 4.79 Å². The van der Waals surface area contributed by atoms with Crippen LogP contribution in [0.1, 0.15) is 12.0 Å². The van der Waals surface area contributed by atoms with Gasteiger partial charge in [-0.25, -0.2) is 14.8 Å². The van der Waals surface area contributed by atoms with Crippen LogP contribution in [-0.2, 0) is 6.42 Å². The number of halogens is 2. The molecule has 1 heterocycles. The molecule has 0 aliphatic heterocycles. The summed E-state index contributed by atoms with van der Waals surface area (Å²) in [6, 6.07) is 7.02. The molecule has 8 heteroatoms. The van der Waals surface area contributed by atoms with E-state index in [0.717, 1.165) is 12.0 Å². The van der Waals surface area contributed by atoms with Gasteiger partial charge < -0.3 is 16.0 Å². The summed E-state index contributed by atoms with van der Waals surface area (Å²) >= 11 is 11.8. The zero-order chi connectivity index (χ0) is 17.2. The smallest absolute Gasteiger partial charge is 0.314 e. The maximum Gasteiger partial charge on any atom is 0.314 e. The lowest BCUT2D eigenvalue weighted by Gasteiger charge is -2.08. The second-order valence-electron chi connectivity index (χ2n) is 5.03. The number of carbonyl (C=O) groups excluding carboxylic acids is 1. The minimum atomic E-state index is -0.189. The minimum Gasteiger partial charge on any atom is -0.354 e. The largest absolute Gasteiger partial charge is 0.354 e. The van der Waals surface area contributed by atoms with Crippen LogP contribution in [-0.4, -0.2) is 35.6 Å². The number of hydrogen-bond donors (Lipinski definition) is 3. The van der Waals surface area contributed by atoms with Crippen LogP contribution in [0.4, 0.5) is 10.7 Å². The van der Waals surface area contributed by atoms with Crippen LogP contribution < -0.4 is 16.0 Å². The lowest BCUT2D eigenvalue weighted by molar-refractivity contribution is 0.241. The average Bonchev–Trinajstić information content (AvgIpc) is 2.59. The van der Waals surface area contributed by atoms with Gasteiger partial charge in [-0.15, -0.1) is 0 Å². The van der Waals surface area contributed by atoms with Gasteiger partial charge in [-0.3, -0.25) is 0 Å². The van der Waals surface area contributed by atoms with Crippen molar-refractivity contribution in [1.29, 1.82) is 0 Å². The third-order valence-electron chi connectivity index (χ3n) is 3.17. The molecule has 1 aromatic heterocycles. The molecule has 0 radical (unpaired) electrons. The summed E-state index contributed by atoms with van der Waals surface area (Å²) in [5, 5.41) is 9.73. The third-order valence-corrected chi connectivity index (χ3v) is 3.91. The maximum absolute atomic E-state index is 11.7. The Morgan fingerprint density at radius 1 is 1.00 bits per heavy atom. The number of aromatic nitrogens is 2. The molecule has 2 amide bonds. The summed E-state index contributed by atoms with van der Waals surface area (Å²) in [5.74, 6) is 0.587. The maximum atomic E-state index is 11.7. The standard InChI is InChI=1S/C16H19Cl2N5O/c17-13-4-3-12(11-14(13)18)5-10-23-16(24)22-9-2-8-21-15-19-6-1-7-20-15/h1,3-4,6-7,11H,2,5,8-10H2,(H,19,20,21)(H2,22,23,24). The Labute approximate surface area is 151 Å². The molecule has 128 valence electrons.